The van der Waals surface area contributed by atoms with E-state index in [0.29, 0.717) is 5.25 Å². The van der Waals surface area contributed by atoms with Crippen LogP contribution in [-0.2, 0) is 4.79 Å². The van der Waals surface area contributed by atoms with E-state index in [9.17, 15) is 4.79 Å². The average molecular weight is 180 g/mol. The lowest BCUT2D eigenvalue weighted by atomic mass is 10.2. The van der Waals surface area contributed by atoms with Crippen LogP contribution in [0.3, 0.4) is 0 Å². The fourth-order valence-electron chi connectivity index (χ4n) is 0.593. The molecule has 0 rings (SSSR count). The topological polar surface area (TPSA) is 37.3 Å². The molecule has 0 radical (unpaired) electrons. The minimum absolute atomic E-state index is 0.276. The standard InChI is InChI=1S/C6H12O2S2/c1-5(10-9)3-2-4-6(7)8/h5,9H,2-4H2,1H3,(H,7,8). The third-order valence-corrected chi connectivity index (χ3v) is 2.86. The maximum absolute atomic E-state index is 10.0. The van der Waals surface area contributed by atoms with Gasteiger partial charge in [0.2, 0.25) is 0 Å². The summed E-state index contributed by atoms with van der Waals surface area (Å²) >= 11 is 4.01. The lowest BCUT2D eigenvalue weighted by Crippen LogP contribution is -1.98. The monoisotopic (exact) mass is 180 g/mol. The maximum Gasteiger partial charge on any atom is 0.303 e. The Morgan fingerprint density at radius 3 is 2.80 bits per heavy atom. The van der Waals surface area contributed by atoms with Crippen molar-refractivity contribution < 1.29 is 9.90 Å². The van der Waals surface area contributed by atoms with Crippen molar-refractivity contribution in [2.75, 3.05) is 0 Å². The first-order valence-electron chi connectivity index (χ1n) is 3.19. The number of carbonyl (C=O) groups is 1. The number of hydrogen-bond donors (Lipinski definition) is 2. The second-order valence-electron chi connectivity index (χ2n) is 2.20. The predicted molar refractivity (Wildman–Crippen MR) is 47.5 cm³/mol. The Balaban J connectivity index is 3.11. The smallest absolute Gasteiger partial charge is 0.303 e. The van der Waals surface area contributed by atoms with Crippen LogP contribution in [0.1, 0.15) is 26.2 Å². The van der Waals surface area contributed by atoms with E-state index in [1.165, 1.54) is 10.8 Å². The van der Waals surface area contributed by atoms with Gasteiger partial charge in [0.05, 0.1) is 0 Å². The molecule has 0 aliphatic rings. The van der Waals surface area contributed by atoms with Gasteiger partial charge in [-0.15, -0.1) is 11.7 Å². The highest BCUT2D eigenvalue weighted by molar-refractivity contribution is 8.68. The predicted octanol–water partition coefficient (Wildman–Crippen LogP) is 2.21. The Morgan fingerprint density at radius 2 is 2.40 bits per heavy atom. The average Bonchev–Trinajstić information content (AvgIpc) is 1.87. The number of carboxylic acid groups (broad SMARTS) is 1. The molecule has 0 aromatic rings. The zero-order valence-corrected chi connectivity index (χ0v) is 7.62. The van der Waals surface area contributed by atoms with Crippen LogP contribution in [0, 0.1) is 0 Å². The molecule has 0 aliphatic heterocycles. The molecule has 1 atom stereocenters. The lowest BCUT2D eigenvalue weighted by Gasteiger charge is -2.03. The molecule has 4 heteroatoms. The first kappa shape index (κ1) is 10.2. The second kappa shape index (κ2) is 5.92. The molecule has 1 N–H and O–H groups in total. The lowest BCUT2D eigenvalue weighted by molar-refractivity contribution is -0.137. The fraction of sp³-hybridized carbons (Fsp3) is 0.833. The van der Waals surface area contributed by atoms with Gasteiger partial charge < -0.3 is 5.11 Å². The number of carboxylic acids is 1. The van der Waals surface area contributed by atoms with Crippen LogP contribution in [0.2, 0.25) is 0 Å². The Bertz CT molecular complexity index is 106. The van der Waals surface area contributed by atoms with E-state index in [4.69, 9.17) is 5.11 Å². The zero-order chi connectivity index (χ0) is 7.98. The molecule has 0 saturated carbocycles. The van der Waals surface area contributed by atoms with Gasteiger partial charge in [0.1, 0.15) is 0 Å². The van der Waals surface area contributed by atoms with Crippen molar-refractivity contribution in [3.8, 4) is 0 Å². The first-order chi connectivity index (χ1) is 4.66. The summed E-state index contributed by atoms with van der Waals surface area (Å²) in [5.74, 6) is -0.712. The summed E-state index contributed by atoms with van der Waals surface area (Å²) in [6, 6.07) is 0. The molecule has 0 bridgehead atoms. The molecule has 0 aliphatic carbocycles. The van der Waals surface area contributed by atoms with Gasteiger partial charge in [-0.2, -0.15) is 0 Å². The van der Waals surface area contributed by atoms with Crippen LogP contribution in [0.5, 0.6) is 0 Å². The second-order valence-corrected chi connectivity index (χ2v) is 3.85. The summed E-state index contributed by atoms with van der Waals surface area (Å²) < 4.78 is 0. The van der Waals surface area contributed by atoms with Crippen LogP contribution >= 0.6 is 22.5 Å². The largest absolute Gasteiger partial charge is 0.481 e. The molecule has 0 aromatic carbocycles. The van der Waals surface area contributed by atoms with Gasteiger partial charge in [-0.1, -0.05) is 17.7 Å². The third-order valence-electron chi connectivity index (χ3n) is 1.18. The van der Waals surface area contributed by atoms with E-state index in [1.54, 1.807) is 0 Å². The molecule has 0 saturated heterocycles. The number of hydrogen-bond acceptors (Lipinski definition) is 3. The van der Waals surface area contributed by atoms with Crippen molar-refractivity contribution in [1.29, 1.82) is 0 Å². The van der Waals surface area contributed by atoms with Gasteiger partial charge in [-0.25, -0.2) is 0 Å². The molecular weight excluding hydrogens is 168 g/mol. The van der Waals surface area contributed by atoms with Gasteiger partial charge >= 0.3 is 5.97 Å². The van der Waals surface area contributed by atoms with Gasteiger partial charge in [0.15, 0.2) is 0 Å². The van der Waals surface area contributed by atoms with Gasteiger partial charge in [0, 0.05) is 11.7 Å². The number of thiol groups is 1. The molecule has 0 spiro atoms. The third kappa shape index (κ3) is 6.29. The van der Waals surface area contributed by atoms with Crippen LogP contribution in [0.4, 0.5) is 0 Å². The van der Waals surface area contributed by atoms with Crippen molar-refractivity contribution in [2.24, 2.45) is 0 Å². The van der Waals surface area contributed by atoms with E-state index < -0.39 is 5.97 Å². The van der Waals surface area contributed by atoms with Gasteiger partial charge in [-0.05, 0) is 12.8 Å². The summed E-state index contributed by atoms with van der Waals surface area (Å²) in [5, 5.41) is 8.73. The van der Waals surface area contributed by atoms with Crippen LogP contribution in [-0.4, -0.2) is 16.3 Å². The van der Waals surface area contributed by atoms with E-state index in [-0.39, 0.29) is 6.42 Å². The summed E-state index contributed by atoms with van der Waals surface area (Å²) in [6.45, 7) is 2.04. The SMILES string of the molecule is CC(CCCC(=O)O)SS. The van der Waals surface area contributed by atoms with Crippen LogP contribution in [0.25, 0.3) is 0 Å². The highest BCUT2D eigenvalue weighted by Gasteiger charge is 2.01. The van der Waals surface area contributed by atoms with Crippen LogP contribution in [0.15, 0.2) is 0 Å². The molecule has 0 fully saturated rings. The Hall–Kier alpha value is 0.170. The van der Waals surface area contributed by atoms with Crippen LogP contribution < -0.4 is 0 Å². The summed E-state index contributed by atoms with van der Waals surface area (Å²) in [6.07, 6.45) is 1.96. The number of rotatable bonds is 5. The fourth-order valence-corrected chi connectivity index (χ4v) is 1.18. The van der Waals surface area contributed by atoms with Crippen molar-refractivity contribution in [3.05, 3.63) is 0 Å². The molecule has 0 amide bonds. The van der Waals surface area contributed by atoms with Crippen molar-refractivity contribution >= 4 is 28.4 Å². The highest BCUT2D eigenvalue weighted by Crippen LogP contribution is 2.19. The van der Waals surface area contributed by atoms with Gasteiger partial charge in [-0.3, -0.25) is 4.79 Å². The van der Waals surface area contributed by atoms with Crippen molar-refractivity contribution in [1.82, 2.24) is 0 Å². The quantitative estimate of drug-likeness (QED) is 0.503. The van der Waals surface area contributed by atoms with Crippen molar-refractivity contribution in [3.63, 3.8) is 0 Å². The molecule has 2 nitrogen and oxygen atoms in total. The maximum atomic E-state index is 10.0. The summed E-state index contributed by atoms with van der Waals surface area (Å²) in [7, 11) is 1.48. The normalized spacial score (nSPS) is 13.0. The molecule has 0 aromatic heterocycles. The molecule has 60 valence electrons. The van der Waals surface area contributed by atoms with E-state index >= 15 is 0 Å². The Kier molecular flexibility index (Phi) is 6.02. The van der Waals surface area contributed by atoms with Gasteiger partial charge in [0.25, 0.3) is 0 Å². The Morgan fingerprint density at radius 1 is 1.80 bits per heavy atom. The van der Waals surface area contributed by atoms with E-state index in [0.717, 1.165) is 12.8 Å². The minimum atomic E-state index is -0.712. The molecule has 0 heterocycles. The van der Waals surface area contributed by atoms with E-state index in [2.05, 4.69) is 11.7 Å². The molecular formula is C6H12O2S2. The zero-order valence-electron chi connectivity index (χ0n) is 5.91. The number of aliphatic carboxylic acids is 1. The highest BCUT2D eigenvalue weighted by atomic mass is 33.1. The minimum Gasteiger partial charge on any atom is -0.481 e. The molecule has 1 unspecified atom stereocenters. The van der Waals surface area contributed by atoms with Crippen molar-refractivity contribution in [2.45, 2.75) is 31.4 Å². The summed E-state index contributed by atoms with van der Waals surface area (Å²) in [4.78, 5) is 10.0. The Labute approximate surface area is 70.2 Å². The molecule has 10 heavy (non-hydrogen) atoms. The van der Waals surface area contributed by atoms with E-state index in [1.807, 2.05) is 6.92 Å². The summed E-state index contributed by atoms with van der Waals surface area (Å²) in [5.41, 5.74) is 0. The first-order valence-corrected chi connectivity index (χ1v) is 5.12.